The summed E-state index contributed by atoms with van der Waals surface area (Å²) in [5.74, 6) is -0.182. The van der Waals surface area contributed by atoms with Gasteiger partial charge in [-0.2, -0.15) is 0 Å². The number of unbranched alkanes of at least 4 members (excludes halogenated alkanes) is 1. The number of rotatable bonds is 7. The Kier molecular flexibility index (Phi) is 7.34. The predicted octanol–water partition coefficient (Wildman–Crippen LogP) is 1.03. The SMILES string of the molecule is CNC(C)(CCCCN1CCCOCC1)C(=O)OC. The van der Waals surface area contributed by atoms with Gasteiger partial charge in [-0.15, -0.1) is 0 Å². The van der Waals surface area contributed by atoms with Crippen LogP contribution in [0.4, 0.5) is 0 Å². The minimum atomic E-state index is -0.559. The Hall–Kier alpha value is -0.650. The highest BCUT2D eigenvalue weighted by Gasteiger charge is 2.31. The third-order valence-corrected chi connectivity index (χ3v) is 3.90. The summed E-state index contributed by atoms with van der Waals surface area (Å²) in [5, 5.41) is 3.07. The highest BCUT2D eigenvalue weighted by molar-refractivity contribution is 5.80. The average Bonchev–Trinajstić information content (AvgIpc) is 2.71. The van der Waals surface area contributed by atoms with Crippen LogP contribution in [-0.4, -0.2) is 63.4 Å². The van der Waals surface area contributed by atoms with E-state index in [2.05, 4.69) is 10.2 Å². The number of nitrogens with one attached hydrogen (secondary N) is 1. The largest absolute Gasteiger partial charge is 0.468 e. The molecular formula is C14H28N2O3. The summed E-state index contributed by atoms with van der Waals surface area (Å²) in [6.45, 7) is 6.87. The minimum absolute atomic E-state index is 0.182. The fourth-order valence-electron chi connectivity index (χ4n) is 2.39. The summed E-state index contributed by atoms with van der Waals surface area (Å²) in [6.07, 6.45) is 4.05. The van der Waals surface area contributed by atoms with Crippen LogP contribution in [0.3, 0.4) is 0 Å². The molecule has 1 heterocycles. The van der Waals surface area contributed by atoms with Crippen molar-refractivity contribution in [2.45, 2.75) is 38.1 Å². The molecule has 1 aliphatic heterocycles. The van der Waals surface area contributed by atoms with Gasteiger partial charge in [0.05, 0.1) is 13.7 Å². The van der Waals surface area contributed by atoms with E-state index in [0.29, 0.717) is 0 Å². The summed E-state index contributed by atoms with van der Waals surface area (Å²) in [5.41, 5.74) is -0.559. The third kappa shape index (κ3) is 5.47. The summed E-state index contributed by atoms with van der Waals surface area (Å²) >= 11 is 0. The van der Waals surface area contributed by atoms with E-state index in [0.717, 1.165) is 58.5 Å². The first-order valence-corrected chi connectivity index (χ1v) is 7.20. The van der Waals surface area contributed by atoms with E-state index in [-0.39, 0.29) is 5.97 Å². The number of nitrogens with zero attached hydrogens (tertiary/aromatic N) is 1. The van der Waals surface area contributed by atoms with Gasteiger partial charge in [-0.1, -0.05) is 0 Å². The Morgan fingerprint density at radius 2 is 2.16 bits per heavy atom. The van der Waals surface area contributed by atoms with Crippen molar-refractivity contribution in [3.05, 3.63) is 0 Å². The molecule has 0 aliphatic carbocycles. The lowest BCUT2D eigenvalue weighted by Crippen LogP contribution is -2.48. The fraction of sp³-hybridized carbons (Fsp3) is 0.929. The van der Waals surface area contributed by atoms with Crippen LogP contribution in [0.15, 0.2) is 0 Å². The summed E-state index contributed by atoms with van der Waals surface area (Å²) in [4.78, 5) is 14.1. The third-order valence-electron chi connectivity index (χ3n) is 3.90. The van der Waals surface area contributed by atoms with Crippen LogP contribution in [0.25, 0.3) is 0 Å². The van der Waals surface area contributed by atoms with Gasteiger partial charge in [0.1, 0.15) is 5.54 Å². The van der Waals surface area contributed by atoms with Crippen LogP contribution in [0.1, 0.15) is 32.6 Å². The van der Waals surface area contributed by atoms with Gasteiger partial charge in [0, 0.05) is 19.7 Å². The molecule has 19 heavy (non-hydrogen) atoms. The fourth-order valence-corrected chi connectivity index (χ4v) is 2.39. The van der Waals surface area contributed by atoms with E-state index in [1.165, 1.54) is 7.11 Å². The molecule has 0 bridgehead atoms. The van der Waals surface area contributed by atoms with Crippen LogP contribution < -0.4 is 5.32 Å². The van der Waals surface area contributed by atoms with Crippen LogP contribution in [0, 0.1) is 0 Å². The highest BCUT2D eigenvalue weighted by Crippen LogP contribution is 2.15. The number of ether oxygens (including phenoxy) is 2. The molecule has 1 saturated heterocycles. The zero-order valence-corrected chi connectivity index (χ0v) is 12.5. The van der Waals surface area contributed by atoms with Gasteiger partial charge in [0.2, 0.25) is 0 Å². The molecule has 1 unspecified atom stereocenters. The maximum absolute atomic E-state index is 11.7. The number of likely N-dealkylation sites (N-methyl/N-ethyl adjacent to an activating group) is 1. The molecule has 112 valence electrons. The van der Waals surface area contributed by atoms with Crippen LogP contribution in [-0.2, 0) is 14.3 Å². The molecule has 1 atom stereocenters. The number of esters is 1. The number of carbonyl (C=O) groups excluding carboxylic acids is 1. The smallest absolute Gasteiger partial charge is 0.325 e. The maximum Gasteiger partial charge on any atom is 0.325 e. The van der Waals surface area contributed by atoms with Gasteiger partial charge in [-0.25, -0.2) is 0 Å². The zero-order chi connectivity index (χ0) is 14.1. The topological polar surface area (TPSA) is 50.8 Å². The van der Waals surface area contributed by atoms with Gasteiger partial charge in [-0.3, -0.25) is 4.79 Å². The summed E-state index contributed by atoms with van der Waals surface area (Å²) in [7, 11) is 3.25. The first-order valence-electron chi connectivity index (χ1n) is 7.20. The van der Waals surface area contributed by atoms with E-state index in [1.54, 1.807) is 0 Å². The lowest BCUT2D eigenvalue weighted by Gasteiger charge is -2.26. The molecule has 1 aliphatic rings. The lowest BCUT2D eigenvalue weighted by molar-refractivity contribution is -0.148. The molecule has 5 heteroatoms. The van der Waals surface area contributed by atoms with Gasteiger partial charge in [0.15, 0.2) is 0 Å². The average molecular weight is 272 g/mol. The van der Waals surface area contributed by atoms with E-state index in [1.807, 2.05) is 14.0 Å². The Morgan fingerprint density at radius 1 is 1.37 bits per heavy atom. The monoisotopic (exact) mass is 272 g/mol. The predicted molar refractivity (Wildman–Crippen MR) is 75.2 cm³/mol. The van der Waals surface area contributed by atoms with Gasteiger partial charge in [-0.05, 0) is 46.2 Å². The second-order valence-electron chi connectivity index (χ2n) is 5.34. The van der Waals surface area contributed by atoms with Crippen molar-refractivity contribution in [2.75, 3.05) is 47.0 Å². The molecule has 0 aromatic rings. The molecule has 1 rings (SSSR count). The zero-order valence-electron chi connectivity index (χ0n) is 12.5. The van der Waals surface area contributed by atoms with Crippen LogP contribution >= 0.6 is 0 Å². The van der Waals surface area contributed by atoms with E-state index in [4.69, 9.17) is 9.47 Å². The van der Waals surface area contributed by atoms with Crippen molar-refractivity contribution in [3.8, 4) is 0 Å². The maximum atomic E-state index is 11.7. The highest BCUT2D eigenvalue weighted by atomic mass is 16.5. The number of hydrogen-bond donors (Lipinski definition) is 1. The molecule has 0 radical (unpaired) electrons. The van der Waals surface area contributed by atoms with E-state index >= 15 is 0 Å². The van der Waals surface area contributed by atoms with Gasteiger partial charge < -0.3 is 19.7 Å². The Bertz CT molecular complexity index is 265. The summed E-state index contributed by atoms with van der Waals surface area (Å²) < 4.78 is 10.3. The van der Waals surface area contributed by atoms with Crippen molar-refractivity contribution < 1.29 is 14.3 Å². The van der Waals surface area contributed by atoms with Gasteiger partial charge >= 0.3 is 5.97 Å². The second kappa shape index (κ2) is 8.51. The Morgan fingerprint density at radius 3 is 2.84 bits per heavy atom. The molecule has 0 spiro atoms. The molecule has 1 fully saturated rings. The second-order valence-corrected chi connectivity index (χ2v) is 5.34. The van der Waals surface area contributed by atoms with Crippen molar-refractivity contribution in [1.29, 1.82) is 0 Å². The molecule has 0 aromatic heterocycles. The standard InChI is InChI=1S/C14H28N2O3/c1-14(15-2,13(17)18-3)7-4-5-8-16-9-6-11-19-12-10-16/h15H,4-12H2,1-3H3. The number of carbonyl (C=O) groups is 1. The van der Waals surface area contributed by atoms with Crippen LogP contribution in [0.5, 0.6) is 0 Å². The van der Waals surface area contributed by atoms with Crippen molar-refractivity contribution in [1.82, 2.24) is 10.2 Å². The molecule has 5 nitrogen and oxygen atoms in total. The molecule has 0 amide bonds. The number of hydrogen-bond acceptors (Lipinski definition) is 5. The van der Waals surface area contributed by atoms with Crippen molar-refractivity contribution in [2.24, 2.45) is 0 Å². The first kappa shape index (κ1) is 16.4. The minimum Gasteiger partial charge on any atom is -0.468 e. The van der Waals surface area contributed by atoms with Crippen molar-refractivity contribution >= 4 is 5.97 Å². The Labute approximate surface area is 116 Å². The lowest BCUT2D eigenvalue weighted by atomic mass is 9.95. The molecular weight excluding hydrogens is 244 g/mol. The Balaban J connectivity index is 2.23. The molecule has 0 aromatic carbocycles. The van der Waals surface area contributed by atoms with Gasteiger partial charge in [0.25, 0.3) is 0 Å². The summed E-state index contributed by atoms with van der Waals surface area (Å²) in [6, 6.07) is 0. The van der Waals surface area contributed by atoms with E-state index < -0.39 is 5.54 Å². The van der Waals surface area contributed by atoms with E-state index in [9.17, 15) is 4.79 Å². The van der Waals surface area contributed by atoms with Crippen LogP contribution in [0.2, 0.25) is 0 Å². The molecule has 1 N–H and O–H groups in total. The first-order chi connectivity index (χ1) is 9.12. The van der Waals surface area contributed by atoms with Crippen molar-refractivity contribution in [3.63, 3.8) is 0 Å². The molecule has 0 saturated carbocycles. The normalized spacial score (nSPS) is 20.6. The quantitative estimate of drug-likeness (QED) is 0.554. The number of methoxy groups -OCH3 is 1.